The lowest BCUT2D eigenvalue weighted by molar-refractivity contribution is -0.131. The number of rotatable bonds is 2. The van der Waals surface area contributed by atoms with Crippen molar-refractivity contribution in [3.05, 3.63) is 59.4 Å². The van der Waals surface area contributed by atoms with Crippen molar-refractivity contribution < 1.29 is 4.79 Å². The molecule has 0 radical (unpaired) electrons. The van der Waals surface area contributed by atoms with Gasteiger partial charge < -0.3 is 9.88 Å². The van der Waals surface area contributed by atoms with Gasteiger partial charge in [-0.25, -0.2) is 0 Å². The molecule has 1 N–H and O–H groups in total. The van der Waals surface area contributed by atoms with Crippen molar-refractivity contribution in [3.63, 3.8) is 0 Å². The summed E-state index contributed by atoms with van der Waals surface area (Å²) in [5.74, 6) is 0.201. The van der Waals surface area contributed by atoms with Crippen LogP contribution in [-0.4, -0.2) is 22.3 Å². The van der Waals surface area contributed by atoms with Crippen LogP contribution in [0.2, 0.25) is 0 Å². The molecule has 92 valence electrons. The fraction of sp³-hybridized carbons (Fsp3) is 0.267. The van der Waals surface area contributed by atoms with E-state index in [0.717, 1.165) is 25.2 Å². The number of aromatic amines is 1. The van der Waals surface area contributed by atoms with Gasteiger partial charge in [-0.1, -0.05) is 24.3 Å². The van der Waals surface area contributed by atoms with Crippen molar-refractivity contribution in [2.45, 2.75) is 19.4 Å². The van der Waals surface area contributed by atoms with E-state index >= 15 is 0 Å². The molecule has 3 heteroatoms. The number of carbonyl (C=O) groups excluding carboxylic acids is 1. The average Bonchev–Trinajstić information content (AvgIpc) is 2.91. The molecule has 3 rings (SSSR count). The van der Waals surface area contributed by atoms with Crippen molar-refractivity contribution >= 4 is 5.91 Å². The van der Waals surface area contributed by atoms with E-state index in [1.54, 1.807) is 0 Å². The number of hydrogen-bond acceptors (Lipinski definition) is 1. The maximum Gasteiger partial charge on any atom is 0.228 e. The van der Waals surface area contributed by atoms with Crippen LogP contribution in [0.5, 0.6) is 0 Å². The van der Waals surface area contributed by atoms with E-state index in [9.17, 15) is 4.79 Å². The Labute approximate surface area is 106 Å². The van der Waals surface area contributed by atoms with Crippen LogP contribution in [0, 0.1) is 0 Å². The molecule has 0 saturated heterocycles. The molecular weight excluding hydrogens is 224 g/mol. The summed E-state index contributed by atoms with van der Waals surface area (Å²) in [6.45, 7) is 1.58. The highest BCUT2D eigenvalue weighted by molar-refractivity contribution is 5.78. The van der Waals surface area contributed by atoms with E-state index in [2.05, 4.69) is 23.2 Å². The molecule has 1 amide bonds. The number of hydrogen-bond donors (Lipinski definition) is 1. The number of nitrogens with one attached hydrogen (secondary N) is 1. The molecule has 0 unspecified atom stereocenters. The standard InChI is InChI=1S/C15H16N2O/c18-15(10-14-6-3-8-16-14)17-9-7-12-4-1-2-5-13(12)11-17/h1-6,8,16H,7,9-11H2. The second-order valence-electron chi connectivity index (χ2n) is 4.71. The number of aromatic nitrogens is 1. The van der Waals surface area contributed by atoms with Crippen LogP contribution in [-0.2, 0) is 24.2 Å². The topological polar surface area (TPSA) is 36.1 Å². The van der Waals surface area contributed by atoms with E-state index in [4.69, 9.17) is 0 Å². The summed E-state index contributed by atoms with van der Waals surface area (Å²) in [5.41, 5.74) is 3.64. The quantitative estimate of drug-likeness (QED) is 0.857. The minimum Gasteiger partial charge on any atom is -0.365 e. The van der Waals surface area contributed by atoms with Gasteiger partial charge in [0.05, 0.1) is 6.42 Å². The molecule has 2 aromatic rings. The largest absolute Gasteiger partial charge is 0.365 e. The molecule has 0 spiro atoms. The van der Waals surface area contributed by atoms with Crippen molar-refractivity contribution in [3.8, 4) is 0 Å². The lowest BCUT2D eigenvalue weighted by atomic mass is 9.99. The highest BCUT2D eigenvalue weighted by Gasteiger charge is 2.20. The third kappa shape index (κ3) is 2.16. The minimum absolute atomic E-state index is 0.201. The van der Waals surface area contributed by atoms with Crippen LogP contribution in [0.4, 0.5) is 0 Å². The molecule has 1 aliphatic heterocycles. The summed E-state index contributed by atoms with van der Waals surface area (Å²) in [6.07, 6.45) is 3.29. The molecule has 3 nitrogen and oxygen atoms in total. The van der Waals surface area contributed by atoms with Gasteiger partial charge in [-0.3, -0.25) is 4.79 Å². The van der Waals surface area contributed by atoms with Gasteiger partial charge >= 0.3 is 0 Å². The normalized spacial score (nSPS) is 14.3. The SMILES string of the molecule is O=C(Cc1ccc[nH]1)N1CCc2ccccc2C1. The lowest BCUT2D eigenvalue weighted by Crippen LogP contribution is -2.36. The second kappa shape index (κ2) is 4.69. The van der Waals surface area contributed by atoms with Crippen LogP contribution in [0.25, 0.3) is 0 Å². The maximum absolute atomic E-state index is 12.2. The zero-order valence-electron chi connectivity index (χ0n) is 10.2. The van der Waals surface area contributed by atoms with Crippen LogP contribution in [0.15, 0.2) is 42.6 Å². The van der Waals surface area contributed by atoms with Crippen molar-refractivity contribution in [1.82, 2.24) is 9.88 Å². The van der Waals surface area contributed by atoms with Crippen LogP contribution >= 0.6 is 0 Å². The van der Waals surface area contributed by atoms with Crippen molar-refractivity contribution in [2.24, 2.45) is 0 Å². The van der Waals surface area contributed by atoms with Gasteiger partial charge in [0.1, 0.15) is 0 Å². The van der Waals surface area contributed by atoms with Gasteiger partial charge in [-0.05, 0) is 29.7 Å². The summed E-state index contributed by atoms with van der Waals surface area (Å²) >= 11 is 0. The van der Waals surface area contributed by atoms with E-state index in [-0.39, 0.29) is 5.91 Å². The smallest absolute Gasteiger partial charge is 0.228 e. The minimum atomic E-state index is 0.201. The molecule has 1 aromatic heterocycles. The highest BCUT2D eigenvalue weighted by atomic mass is 16.2. The Morgan fingerprint density at radius 3 is 2.78 bits per heavy atom. The molecule has 0 fully saturated rings. The number of H-pyrrole nitrogens is 1. The molecular formula is C15H16N2O. The highest BCUT2D eigenvalue weighted by Crippen LogP contribution is 2.19. The first-order valence-corrected chi connectivity index (χ1v) is 6.30. The number of carbonyl (C=O) groups is 1. The second-order valence-corrected chi connectivity index (χ2v) is 4.71. The number of benzene rings is 1. The maximum atomic E-state index is 12.2. The number of fused-ring (bicyclic) bond motifs is 1. The summed E-state index contributed by atoms with van der Waals surface area (Å²) < 4.78 is 0. The predicted molar refractivity (Wildman–Crippen MR) is 70.1 cm³/mol. The van der Waals surface area contributed by atoms with E-state index < -0.39 is 0 Å². The summed E-state index contributed by atoms with van der Waals surface area (Å²) in [6, 6.07) is 12.3. The molecule has 1 aliphatic rings. The molecule has 0 aliphatic carbocycles. The predicted octanol–water partition coefficient (Wildman–Crippen LogP) is 2.14. The Morgan fingerprint density at radius 2 is 2.00 bits per heavy atom. The zero-order valence-corrected chi connectivity index (χ0v) is 10.2. The van der Waals surface area contributed by atoms with Crippen LogP contribution < -0.4 is 0 Å². The number of nitrogens with zero attached hydrogens (tertiary/aromatic N) is 1. The molecule has 0 saturated carbocycles. The van der Waals surface area contributed by atoms with Gasteiger partial charge in [-0.15, -0.1) is 0 Å². The first kappa shape index (κ1) is 11.1. The van der Waals surface area contributed by atoms with Gasteiger partial charge in [-0.2, -0.15) is 0 Å². The zero-order chi connectivity index (χ0) is 12.4. The lowest BCUT2D eigenvalue weighted by Gasteiger charge is -2.28. The van der Waals surface area contributed by atoms with E-state index in [1.807, 2.05) is 29.3 Å². The van der Waals surface area contributed by atoms with Gasteiger partial charge in [0.2, 0.25) is 5.91 Å². The first-order chi connectivity index (χ1) is 8.83. The van der Waals surface area contributed by atoms with Gasteiger partial charge in [0.25, 0.3) is 0 Å². The Bertz CT molecular complexity index is 545. The Balaban J connectivity index is 1.70. The molecule has 0 atom stereocenters. The van der Waals surface area contributed by atoms with E-state index in [1.165, 1.54) is 11.1 Å². The molecule has 1 aromatic carbocycles. The monoisotopic (exact) mass is 240 g/mol. The summed E-state index contributed by atoms with van der Waals surface area (Å²) in [4.78, 5) is 17.2. The fourth-order valence-corrected chi connectivity index (χ4v) is 2.46. The van der Waals surface area contributed by atoms with Gasteiger partial charge in [0.15, 0.2) is 0 Å². The van der Waals surface area contributed by atoms with Crippen molar-refractivity contribution in [1.29, 1.82) is 0 Å². The summed E-state index contributed by atoms with van der Waals surface area (Å²) in [7, 11) is 0. The Hall–Kier alpha value is -2.03. The molecule has 18 heavy (non-hydrogen) atoms. The van der Waals surface area contributed by atoms with Crippen LogP contribution in [0.3, 0.4) is 0 Å². The third-order valence-corrected chi connectivity index (χ3v) is 3.49. The molecule has 0 bridgehead atoms. The molecule has 2 heterocycles. The number of amides is 1. The van der Waals surface area contributed by atoms with Gasteiger partial charge in [0, 0.05) is 25.0 Å². The summed E-state index contributed by atoms with van der Waals surface area (Å²) in [5, 5.41) is 0. The average molecular weight is 240 g/mol. The Morgan fingerprint density at radius 1 is 1.17 bits per heavy atom. The third-order valence-electron chi connectivity index (χ3n) is 3.49. The first-order valence-electron chi connectivity index (χ1n) is 6.30. The van der Waals surface area contributed by atoms with Crippen LogP contribution in [0.1, 0.15) is 16.8 Å². The van der Waals surface area contributed by atoms with Crippen molar-refractivity contribution in [2.75, 3.05) is 6.54 Å². The Kier molecular flexibility index (Phi) is 2.89. The fourth-order valence-electron chi connectivity index (χ4n) is 2.46. The van der Waals surface area contributed by atoms with E-state index in [0.29, 0.717) is 6.42 Å².